The zero-order valence-electron chi connectivity index (χ0n) is 18.2. The zero-order chi connectivity index (χ0) is 23.0. The normalized spacial score (nSPS) is 10.8. The molecule has 33 heavy (non-hydrogen) atoms. The van der Waals surface area contributed by atoms with Gasteiger partial charge in [0, 0.05) is 25.6 Å². The second-order valence-electron chi connectivity index (χ2n) is 7.92. The predicted octanol–water partition coefficient (Wildman–Crippen LogP) is 4.87. The van der Waals surface area contributed by atoms with Gasteiger partial charge in [0.2, 0.25) is 5.91 Å². The minimum atomic E-state index is -0.296. The van der Waals surface area contributed by atoms with Gasteiger partial charge in [-0.2, -0.15) is 0 Å². The molecule has 3 aromatic carbocycles. The molecule has 1 amide bonds. The minimum Gasteiger partial charge on any atom is -0.397 e. The van der Waals surface area contributed by atoms with Crippen LogP contribution in [-0.4, -0.2) is 20.9 Å². The van der Waals surface area contributed by atoms with Crippen molar-refractivity contribution in [3.05, 3.63) is 96.1 Å². The van der Waals surface area contributed by atoms with E-state index >= 15 is 0 Å². The average Bonchev–Trinajstić information content (AvgIpc) is 3.28. The van der Waals surface area contributed by atoms with Crippen molar-refractivity contribution in [2.24, 2.45) is 0 Å². The highest BCUT2D eigenvalue weighted by Gasteiger charge is 2.10. The second kappa shape index (κ2) is 10.5. The molecule has 0 atom stereocenters. The topological polar surface area (TPSA) is 85.8 Å². The first-order valence-electron chi connectivity index (χ1n) is 10.9. The Morgan fingerprint density at radius 3 is 2.52 bits per heavy atom. The highest BCUT2D eigenvalue weighted by Crippen LogP contribution is 2.27. The van der Waals surface area contributed by atoms with Crippen molar-refractivity contribution in [3.8, 4) is 11.1 Å². The van der Waals surface area contributed by atoms with Gasteiger partial charge in [-0.05, 0) is 53.8 Å². The Morgan fingerprint density at radius 1 is 0.970 bits per heavy atom. The van der Waals surface area contributed by atoms with Crippen molar-refractivity contribution < 1.29 is 9.18 Å². The third-order valence-electron chi connectivity index (χ3n) is 5.39. The van der Waals surface area contributed by atoms with Crippen LogP contribution in [0.5, 0.6) is 0 Å². The van der Waals surface area contributed by atoms with Gasteiger partial charge in [0.25, 0.3) is 0 Å². The SMILES string of the molecule is Nc1ccc(-c2ccc(F)cc2)cc1NC(=O)CCc1cn(CCCc2ccccc2)nn1. The number of amides is 1. The summed E-state index contributed by atoms with van der Waals surface area (Å²) >= 11 is 0. The fourth-order valence-corrected chi connectivity index (χ4v) is 3.59. The lowest BCUT2D eigenvalue weighted by molar-refractivity contribution is -0.116. The fourth-order valence-electron chi connectivity index (χ4n) is 3.59. The number of nitrogens with two attached hydrogens (primary N) is 1. The molecule has 1 aromatic heterocycles. The van der Waals surface area contributed by atoms with Crippen molar-refractivity contribution in [1.29, 1.82) is 0 Å². The van der Waals surface area contributed by atoms with Crippen LogP contribution in [0.1, 0.15) is 24.1 Å². The van der Waals surface area contributed by atoms with Crippen LogP contribution in [0.4, 0.5) is 15.8 Å². The molecule has 1 heterocycles. The Balaban J connectivity index is 1.28. The maximum absolute atomic E-state index is 13.2. The standard InChI is InChI=1S/C26H26FN5O/c27-22-11-8-20(9-12-22)21-10-14-24(28)25(17-21)29-26(33)15-13-23-18-32(31-30-23)16-4-7-19-5-2-1-3-6-19/h1-3,5-6,8-12,14,17-18H,4,7,13,15-16,28H2,(H,29,33). The van der Waals surface area contributed by atoms with Crippen LogP contribution in [0.25, 0.3) is 11.1 Å². The van der Waals surface area contributed by atoms with Crippen molar-refractivity contribution in [1.82, 2.24) is 15.0 Å². The number of aromatic nitrogens is 3. The molecule has 0 fully saturated rings. The molecule has 0 bridgehead atoms. The van der Waals surface area contributed by atoms with Gasteiger partial charge in [0.1, 0.15) is 5.82 Å². The number of anilines is 2. The molecule has 0 spiro atoms. The van der Waals surface area contributed by atoms with E-state index in [4.69, 9.17) is 5.73 Å². The van der Waals surface area contributed by atoms with Crippen molar-refractivity contribution in [2.75, 3.05) is 11.1 Å². The number of rotatable bonds is 9. The van der Waals surface area contributed by atoms with Crippen LogP contribution >= 0.6 is 0 Å². The Hall–Kier alpha value is -4.00. The van der Waals surface area contributed by atoms with Gasteiger partial charge >= 0.3 is 0 Å². The number of hydrogen-bond donors (Lipinski definition) is 2. The van der Waals surface area contributed by atoms with Crippen LogP contribution in [0.2, 0.25) is 0 Å². The van der Waals surface area contributed by atoms with Gasteiger partial charge in [0.05, 0.1) is 17.1 Å². The van der Waals surface area contributed by atoms with E-state index in [0.29, 0.717) is 17.8 Å². The van der Waals surface area contributed by atoms with Gasteiger partial charge < -0.3 is 11.1 Å². The molecule has 4 aromatic rings. The van der Waals surface area contributed by atoms with E-state index in [-0.39, 0.29) is 18.1 Å². The highest BCUT2D eigenvalue weighted by atomic mass is 19.1. The third kappa shape index (κ3) is 6.26. The summed E-state index contributed by atoms with van der Waals surface area (Å²) in [6, 6.07) is 21.9. The first-order valence-corrected chi connectivity index (χ1v) is 10.9. The number of nitrogen functional groups attached to an aromatic ring is 1. The first kappa shape index (κ1) is 22.2. The molecule has 0 unspecified atom stereocenters. The summed E-state index contributed by atoms with van der Waals surface area (Å²) < 4.78 is 15.0. The summed E-state index contributed by atoms with van der Waals surface area (Å²) in [4.78, 5) is 12.5. The maximum Gasteiger partial charge on any atom is 0.224 e. The van der Waals surface area contributed by atoms with Crippen LogP contribution in [-0.2, 0) is 24.2 Å². The van der Waals surface area contributed by atoms with Crippen LogP contribution in [0.15, 0.2) is 79.0 Å². The Morgan fingerprint density at radius 2 is 1.73 bits per heavy atom. The average molecular weight is 444 g/mol. The van der Waals surface area contributed by atoms with Crippen molar-refractivity contribution in [2.45, 2.75) is 32.2 Å². The van der Waals surface area contributed by atoms with E-state index < -0.39 is 0 Å². The highest BCUT2D eigenvalue weighted by molar-refractivity contribution is 5.95. The Kier molecular flexibility index (Phi) is 7.09. The van der Waals surface area contributed by atoms with Crippen molar-refractivity contribution >= 4 is 17.3 Å². The number of aryl methyl sites for hydroxylation is 3. The van der Waals surface area contributed by atoms with E-state index in [1.165, 1.54) is 17.7 Å². The quantitative estimate of drug-likeness (QED) is 0.361. The molecule has 0 aliphatic heterocycles. The molecule has 0 saturated heterocycles. The third-order valence-corrected chi connectivity index (χ3v) is 5.39. The molecule has 4 rings (SSSR count). The number of carbonyl (C=O) groups is 1. The lowest BCUT2D eigenvalue weighted by Gasteiger charge is -2.10. The fraction of sp³-hybridized carbons (Fsp3) is 0.192. The van der Waals surface area contributed by atoms with Gasteiger partial charge in [-0.25, -0.2) is 4.39 Å². The lowest BCUT2D eigenvalue weighted by atomic mass is 10.0. The van der Waals surface area contributed by atoms with Gasteiger partial charge in [-0.3, -0.25) is 9.48 Å². The molecular formula is C26H26FN5O. The molecule has 6 nitrogen and oxygen atoms in total. The van der Waals surface area contributed by atoms with E-state index in [1.54, 1.807) is 24.3 Å². The monoisotopic (exact) mass is 443 g/mol. The smallest absolute Gasteiger partial charge is 0.224 e. The van der Waals surface area contributed by atoms with Gasteiger partial charge in [-0.1, -0.05) is 53.7 Å². The minimum absolute atomic E-state index is 0.156. The molecule has 7 heteroatoms. The number of halogens is 1. The van der Waals surface area contributed by atoms with E-state index in [9.17, 15) is 9.18 Å². The molecule has 3 N–H and O–H groups in total. The van der Waals surface area contributed by atoms with Crippen LogP contribution < -0.4 is 11.1 Å². The predicted molar refractivity (Wildman–Crippen MR) is 128 cm³/mol. The van der Waals surface area contributed by atoms with E-state index in [0.717, 1.165) is 36.2 Å². The summed E-state index contributed by atoms with van der Waals surface area (Å²) in [5, 5.41) is 11.2. The zero-order valence-corrected chi connectivity index (χ0v) is 18.2. The lowest BCUT2D eigenvalue weighted by Crippen LogP contribution is -2.13. The number of nitrogens with zero attached hydrogens (tertiary/aromatic N) is 3. The maximum atomic E-state index is 13.2. The van der Waals surface area contributed by atoms with Crippen molar-refractivity contribution in [3.63, 3.8) is 0 Å². The second-order valence-corrected chi connectivity index (χ2v) is 7.92. The summed E-state index contributed by atoms with van der Waals surface area (Å²) in [5.74, 6) is -0.451. The largest absolute Gasteiger partial charge is 0.397 e. The summed E-state index contributed by atoms with van der Waals surface area (Å²) in [5.41, 5.74) is 10.8. The molecular weight excluding hydrogens is 417 g/mol. The molecule has 0 saturated carbocycles. The molecule has 0 radical (unpaired) electrons. The first-order chi connectivity index (χ1) is 16.1. The Labute approximate surface area is 192 Å². The van der Waals surface area contributed by atoms with Gasteiger partial charge in [-0.15, -0.1) is 5.10 Å². The number of carbonyl (C=O) groups excluding carboxylic acids is 1. The van der Waals surface area contributed by atoms with E-state index in [1.807, 2.05) is 35.1 Å². The number of nitrogens with one attached hydrogen (secondary N) is 1. The molecule has 0 aliphatic carbocycles. The van der Waals surface area contributed by atoms with Crippen LogP contribution in [0.3, 0.4) is 0 Å². The summed E-state index contributed by atoms with van der Waals surface area (Å²) in [6.45, 7) is 0.779. The van der Waals surface area contributed by atoms with Gasteiger partial charge in [0.15, 0.2) is 0 Å². The molecule has 0 aliphatic rings. The summed E-state index contributed by atoms with van der Waals surface area (Å²) in [6.07, 6.45) is 4.60. The van der Waals surface area contributed by atoms with Crippen LogP contribution in [0, 0.1) is 5.82 Å². The number of benzene rings is 3. The van der Waals surface area contributed by atoms with E-state index in [2.05, 4.69) is 27.8 Å². The summed E-state index contributed by atoms with van der Waals surface area (Å²) in [7, 11) is 0. The molecule has 168 valence electrons. The number of hydrogen-bond acceptors (Lipinski definition) is 4. The Bertz CT molecular complexity index is 1210.